The number of esters is 1. The number of β-amino-alcohol motifs (C(OH)–C–C–N with tert-alkyl or cyclic N) is 1. The van der Waals surface area contributed by atoms with Crippen molar-refractivity contribution in [3.63, 3.8) is 0 Å². The lowest BCUT2D eigenvalue weighted by Crippen LogP contribution is -2.34. The van der Waals surface area contributed by atoms with Crippen LogP contribution in [0.5, 0.6) is 0 Å². The zero-order valence-electron chi connectivity index (χ0n) is 13.7. The van der Waals surface area contributed by atoms with Crippen LogP contribution in [-0.2, 0) is 20.9 Å². The molecule has 0 saturated carbocycles. The van der Waals surface area contributed by atoms with Gasteiger partial charge in [0.05, 0.1) is 12.6 Å². The van der Waals surface area contributed by atoms with E-state index in [4.69, 9.17) is 9.47 Å². The van der Waals surface area contributed by atoms with Gasteiger partial charge in [-0.2, -0.15) is 0 Å². The Hall–Kier alpha value is -2.08. The average Bonchev–Trinajstić information content (AvgIpc) is 2.86. The number of rotatable bonds is 3. The van der Waals surface area contributed by atoms with E-state index in [0.29, 0.717) is 0 Å². The van der Waals surface area contributed by atoms with Crippen molar-refractivity contribution >= 4 is 12.1 Å². The normalized spacial score (nSPS) is 21.1. The highest BCUT2D eigenvalue weighted by Crippen LogP contribution is 2.22. The molecular formula is C17H23NO5. The number of ether oxygens (including phenoxy) is 2. The summed E-state index contributed by atoms with van der Waals surface area (Å²) in [4.78, 5) is 25.5. The number of benzene rings is 1. The molecule has 0 bridgehead atoms. The number of likely N-dealkylation sites (tertiary alicyclic amines) is 1. The summed E-state index contributed by atoms with van der Waals surface area (Å²) >= 11 is 0. The minimum Gasteiger partial charge on any atom is -0.460 e. The van der Waals surface area contributed by atoms with Crippen molar-refractivity contribution in [3.05, 3.63) is 35.9 Å². The second-order valence-corrected chi connectivity index (χ2v) is 6.65. The molecule has 0 aromatic heterocycles. The van der Waals surface area contributed by atoms with Gasteiger partial charge in [0.1, 0.15) is 18.1 Å². The highest BCUT2D eigenvalue weighted by molar-refractivity contribution is 5.76. The lowest BCUT2D eigenvalue weighted by atomic mass is 10.1. The van der Waals surface area contributed by atoms with E-state index in [1.807, 2.05) is 30.3 Å². The molecule has 1 heterocycles. The number of aliphatic hydroxyl groups is 1. The summed E-state index contributed by atoms with van der Waals surface area (Å²) in [7, 11) is 0. The number of carbonyl (C=O) groups excluding carboxylic acids is 2. The highest BCUT2D eigenvalue weighted by atomic mass is 16.6. The fraction of sp³-hybridized carbons (Fsp3) is 0.529. The van der Waals surface area contributed by atoms with Gasteiger partial charge in [0, 0.05) is 6.54 Å². The summed E-state index contributed by atoms with van der Waals surface area (Å²) in [6, 6.07) is 9.32. The van der Waals surface area contributed by atoms with Crippen molar-refractivity contribution in [2.24, 2.45) is 5.92 Å². The van der Waals surface area contributed by atoms with Gasteiger partial charge in [0.2, 0.25) is 0 Å². The molecule has 1 amide bonds. The molecule has 1 N–H and O–H groups in total. The molecule has 0 unspecified atom stereocenters. The first-order valence-electron chi connectivity index (χ1n) is 7.63. The third-order valence-corrected chi connectivity index (χ3v) is 3.46. The Morgan fingerprint density at radius 1 is 1.22 bits per heavy atom. The van der Waals surface area contributed by atoms with E-state index in [0.717, 1.165) is 5.56 Å². The SMILES string of the molecule is CC(C)(C)OC(=O)[C@H]1CN(C(=O)OCc2ccccc2)C[C@H]1O. The van der Waals surface area contributed by atoms with Gasteiger partial charge in [-0.15, -0.1) is 0 Å². The number of amides is 1. The number of hydrogen-bond donors (Lipinski definition) is 1. The molecule has 0 radical (unpaired) electrons. The van der Waals surface area contributed by atoms with Crippen molar-refractivity contribution in [1.82, 2.24) is 4.90 Å². The highest BCUT2D eigenvalue weighted by Gasteiger charge is 2.41. The molecule has 0 aliphatic carbocycles. The molecule has 23 heavy (non-hydrogen) atoms. The maximum absolute atomic E-state index is 12.1. The van der Waals surface area contributed by atoms with Crippen LogP contribution in [0.2, 0.25) is 0 Å². The number of nitrogens with zero attached hydrogens (tertiary/aromatic N) is 1. The van der Waals surface area contributed by atoms with Crippen LogP contribution >= 0.6 is 0 Å². The van der Waals surface area contributed by atoms with Crippen molar-refractivity contribution < 1.29 is 24.2 Å². The minimum atomic E-state index is -0.936. The van der Waals surface area contributed by atoms with Gasteiger partial charge in [0.25, 0.3) is 0 Å². The fourth-order valence-electron chi connectivity index (χ4n) is 2.36. The smallest absolute Gasteiger partial charge is 0.410 e. The monoisotopic (exact) mass is 321 g/mol. The van der Waals surface area contributed by atoms with E-state index in [9.17, 15) is 14.7 Å². The molecule has 1 fully saturated rings. The van der Waals surface area contributed by atoms with Crippen LogP contribution in [0.3, 0.4) is 0 Å². The van der Waals surface area contributed by atoms with Crippen LogP contribution in [0.15, 0.2) is 30.3 Å². The van der Waals surface area contributed by atoms with E-state index in [-0.39, 0.29) is 19.7 Å². The first-order valence-corrected chi connectivity index (χ1v) is 7.63. The molecule has 1 aliphatic heterocycles. The Morgan fingerprint density at radius 2 is 1.87 bits per heavy atom. The van der Waals surface area contributed by atoms with Gasteiger partial charge in [-0.1, -0.05) is 30.3 Å². The largest absolute Gasteiger partial charge is 0.460 e. The summed E-state index contributed by atoms with van der Waals surface area (Å²) < 4.78 is 10.5. The predicted octanol–water partition coefficient (Wildman–Crippen LogP) is 1.96. The summed E-state index contributed by atoms with van der Waals surface area (Å²) in [5.74, 6) is -1.23. The van der Waals surface area contributed by atoms with Gasteiger partial charge in [-0.3, -0.25) is 4.79 Å². The summed E-state index contributed by atoms with van der Waals surface area (Å²) in [5.41, 5.74) is 0.252. The standard InChI is InChI=1S/C17H23NO5/c1-17(2,3)23-15(20)13-9-18(10-14(13)19)16(21)22-11-12-7-5-4-6-8-12/h4-8,13-14,19H,9-11H2,1-3H3/t13-,14+/m0/s1. The fourth-order valence-corrected chi connectivity index (χ4v) is 2.36. The average molecular weight is 321 g/mol. The van der Waals surface area contributed by atoms with Gasteiger partial charge in [-0.05, 0) is 26.3 Å². The maximum atomic E-state index is 12.1. The first kappa shape index (κ1) is 17.3. The van der Waals surface area contributed by atoms with Crippen molar-refractivity contribution in [2.75, 3.05) is 13.1 Å². The van der Waals surface area contributed by atoms with Gasteiger partial charge in [0.15, 0.2) is 0 Å². The maximum Gasteiger partial charge on any atom is 0.410 e. The van der Waals surface area contributed by atoms with Crippen molar-refractivity contribution in [2.45, 2.75) is 39.1 Å². The topological polar surface area (TPSA) is 76.1 Å². The molecule has 1 aromatic carbocycles. The van der Waals surface area contributed by atoms with E-state index >= 15 is 0 Å². The Kier molecular flexibility index (Phi) is 5.26. The van der Waals surface area contributed by atoms with Gasteiger partial charge >= 0.3 is 12.1 Å². The minimum absolute atomic E-state index is 0.0670. The Bertz CT molecular complexity index is 552. The van der Waals surface area contributed by atoms with E-state index < -0.39 is 29.7 Å². The van der Waals surface area contributed by atoms with Gasteiger partial charge < -0.3 is 19.5 Å². The quantitative estimate of drug-likeness (QED) is 0.861. The Morgan fingerprint density at radius 3 is 2.48 bits per heavy atom. The zero-order chi connectivity index (χ0) is 17.0. The van der Waals surface area contributed by atoms with Crippen LogP contribution in [-0.4, -0.2) is 46.9 Å². The lowest BCUT2D eigenvalue weighted by molar-refractivity contribution is -0.162. The Labute approximate surface area is 136 Å². The molecular weight excluding hydrogens is 298 g/mol. The molecule has 126 valence electrons. The third-order valence-electron chi connectivity index (χ3n) is 3.46. The summed E-state index contributed by atoms with van der Waals surface area (Å²) in [6.07, 6.45) is -1.48. The van der Waals surface area contributed by atoms with E-state index in [2.05, 4.69) is 0 Å². The second-order valence-electron chi connectivity index (χ2n) is 6.65. The van der Waals surface area contributed by atoms with Crippen LogP contribution in [0.4, 0.5) is 4.79 Å². The molecule has 1 saturated heterocycles. The van der Waals surface area contributed by atoms with Crippen LogP contribution < -0.4 is 0 Å². The van der Waals surface area contributed by atoms with E-state index in [1.165, 1.54) is 4.90 Å². The molecule has 2 rings (SSSR count). The summed E-state index contributed by atoms with van der Waals surface area (Å²) in [6.45, 7) is 5.61. The third kappa shape index (κ3) is 4.96. The molecule has 1 aromatic rings. The van der Waals surface area contributed by atoms with Crippen LogP contribution in [0, 0.1) is 5.92 Å². The predicted molar refractivity (Wildman–Crippen MR) is 83.5 cm³/mol. The first-order chi connectivity index (χ1) is 10.8. The lowest BCUT2D eigenvalue weighted by Gasteiger charge is -2.22. The van der Waals surface area contributed by atoms with Crippen molar-refractivity contribution in [1.29, 1.82) is 0 Å². The second kappa shape index (κ2) is 7.00. The molecule has 1 aliphatic rings. The zero-order valence-corrected chi connectivity index (χ0v) is 13.7. The van der Waals surface area contributed by atoms with Crippen LogP contribution in [0.1, 0.15) is 26.3 Å². The number of hydrogen-bond acceptors (Lipinski definition) is 5. The van der Waals surface area contributed by atoms with Crippen molar-refractivity contribution in [3.8, 4) is 0 Å². The summed E-state index contributed by atoms with van der Waals surface area (Å²) in [5, 5.41) is 10.0. The van der Waals surface area contributed by atoms with Crippen LogP contribution in [0.25, 0.3) is 0 Å². The molecule has 6 nitrogen and oxygen atoms in total. The molecule has 0 spiro atoms. The number of aliphatic hydroxyl groups excluding tert-OH is 1. The molecule has 6 heteroatoms. The number of carbonyl (C=O) groups is 2. The molecule has 2 atom stereocenters. The van der Waals surface area contributed by atoms with Gasteiger partial charge in [-0.25, -0.2) is 4.79 Å². The van der Waals surface area contributed by atoms with E-state index in [1.54, 1.807) is 20.8 Å². The Balaban J connectivity index is 1.87.